The summed E-state index contributed by atoms with van der Waals surface area (Å²) < 4.78 is 5.58. The fraction of sp³-hybridized carbons (Fsp3) is 0.647. The first-order valence-corrected chi connectivity index (χ1v) is 7.88. The molecule has 3 nitrogen and oxygen atoms in total. The molecule has 0 heterocycles. The Morgan fingerprint density at radius 3 is 2.50 bits per heavy atom. The third-order valence-electron chi connectivity index (χ3n) is 3.97. The Bertz CT molecular complexity index is 369. The van der Waals surface area contributed by atoms with Gasteiger partial charge in [0.25, 0.3) is 0 Å². The van der Waals surface area contributed by atoms with Crippen molar-refractivity contribution in [2.45, 2.75) is 51.7 Å². The molecular formula is C17H27NO2. The van der Waals surface area contributed by atoms with Gasteiger partial charge in [-0.15, -0.1) is 0 Å². The highest BCUT2D eigenvalue weighted by molar-refractivity contribution is 5.27. The second kappa shape index (κ2) is 8.28. The van der Waals surface area contributed by atoms with Gasteiger partial charge < -0.3 is 15.2 Å². The highest BCUT2D eigenvalue weighted by Crippen LogP contribution is 2.23. The zero-order valence-electron chi connectivity index (χ0n) is 12.5. The first-order valence-electron chi connectivity index (χ1n) is 7.88. The van der Waals surface area contributed by atoms with Gasteiger partial charge in [-0.2, -0.15) is 0 Å². The average molecular weight is 277 g/mol. The van der Waals surface area contributed by atoms with Crippen molar-refractivity contribution in [3.05, 3.63) is 29.8 Å². The van der Waals surface area contributed by atoms with Gasteiger partial charge in [-0.1, -0.05) is 19.1 Å². The zero-order chi connectivity index (χ0) is 14.2. The summed E-state index contributed by atoms with van der Waals surface area (Å²) >= 11 is 0. The minimum Gasteiger partial charge on any atom is -0.494 e. The van der Waals surface area contributed by atoms with Gasteiger partial charge in [0.2, 0.25) is 0 Å². The standard InChI is InChI=1S/C17H27NO2/c1-2-11-20-17-9-5-15(6-10-17)13-18-12-14-3-7-16(19)8-4-14/h5-6,9-10,14,16,18-19H,2-4,7-8,11-13H2,1H3. The maximum atomic E-state index is 9.49. The van der Waals surface area contributed by atoms with Crippen molar-refractivity contribution >= 4 is 0 Å². The van der Waals surface area contributed by atoms with Crippen molar-refractivity contribution in [1.82, 2.24) is 5.32 Å². The molecule has 2 rings (SSSR count). The lowest BCUT2D eigenvalue weighted by molar-refractivity contribution is 0.108. The Morgan fingerprint density at radius 2 is 1.85 bits per heavy atom. The van der Waals surface area contributed by atoms with Gasteiger partial charge in [0, 0.05) is 6.54 Å². The third-order valence-corrected chi connectivity index (χ3v) is 3.97. The van der Waals surface area contributed by atoms with E-state index in [2.05, 4.69) is 24.4 Å². The number of rotatable bonds is 7. The Kier molecular flexibility index (Phi) is 6.34. The molecule has 1 aromatic carbocycles. The average Bonchev–Trinajstić information content (AvgIpc) is 2.48. The van der Waals surface area contributed by atoms with Crippen LogP contribution in [0.25, 0.3) is 0 Å². The molecule has 0 aromatic heterocycles. The highest BCUT2D eigenvalue weighted by atomic mass is 16.5. The number of hydrogen-bond acceptors (Lipinski definition) is 3. The summed E-state index contributed by atoms with van der Waals surface area (Å²) in [5.74, 6) is 1.68. The molecule has 0 amide bonds. The van der Waals surface area contributed by atoms with Crippen LogP contribution in [-0.2, 0) is 6.54 Å². The molecule has 1 aromatic rings. The summed E-state index contributed by atoms with van der Waals surface area (Å²) in [4.78, 5) is 0. The summed E-state index contributed by atoms with van der Waals surface area (Å²) in [5.41, 5.74) is 1.30. The molecule has 1 aliphatic rings. The van der Waals surface area contributed by atoms with E-state index >= 15 is 0 Å². The van der Waals surface area contributed by atoms with Crippen LogP contribution >= 0.6 is 0 Å². The van der Waals surface area contributed by atoms with Crippen LogP contribution in [0.3, 0.4) is 0 Å². The van der Waals surface area contributed by atoms with Crippen molar-refractivity contribution in [3.8, 4) is 5.75 Å². The van der Waals surface area contributed by atoms with Crippen molar-refractivity contribution in [2.75, 3.05) is 13.2 Å². The van der Waals surface area contributed by atoms with Crippen molar-refractivity contribution in [1.29, 1.82) is 0 Å². The SMILES string of the molecule is CCCOc1ccc(CNCC2CCC(O)CC2)cc1. The number of aliphatic hydroxyl groups excluding tert-OH is 1. The van der Waals surface area contributed by atoms with Gasteiger partial charge in [-0.25, -0.2) is 0 Å². The summed E-state index contributed by atoms with van der Waals surface area (Å²) in [5, 5.41) is 13.0. The lowest BCUT2D eigenvalue weighted by atomic mass is 9.87. The fourth-order valence-electron chi connectivity index (χ4n) is 2.69. The van der Waals surface area contributed by atoms with E-state index in [1.807, 2.05) is 12.1 Å². The van der Waals surface area contributed by atoms with Gasteiger partial charge in [-0.3, -0.25) is 0 Å². The molecule has 0 radical (unpaired) electrons. The van der Waals surface area contributed by atoms with E-state index in [1.54, 1.807) is 0 Å². The topological polar surface area (TPSA) is 41.5 Å². The van der Waals surface area contributed by atoms with Gasteiger partial charge >= 0.3 is 0 Å². The number of benzene rings is 1. The molecule has 1 aliphatic carbocycles. The lowest BCUT2D eigenvalue weighted by Gasteiger charge is -2.25. The molecule has 2 N–H and O–H groups in total. The Labute approximate surface area is 122 Å². The van der Waals surface area contributed by atoms with Crippen LogP contribution in [0, 0.1) is 5.92 Å². The number of aliphatic hydroxyl groups is 1. The van der Waals surface area contributed by atoms with E-state index in [4.69, 9.17) is 4.74 Å². The van der Waals surface area contributed by atoms with Crippen LogP contribution in [0.15, 0.2) is 24.3 Å². The number of hydrogen-bond donors (Lipinski definition) is 2. The normalized spacial score (nSPS) is 22.7. The summed E-state index contributed by atoms with van der Waals surface area (Å²) in [6.45, 7) is 4.86. The number of nitrogens with one attached hydrogen (secondary N) is 1. The van der Waals surface area contributed by atoms with E-state index < -0.39 is 0 Å². The molecule has 0 saturated heterocycles. The first-order chi connectivity index (χ1) is 9.78. The highest BCUT2D eigenvalue weighted by Gasteiger charge is 2.18. The first kappa shape index (κ1) is 15.3. The van der Waals surface area contributed by atoms with Crippen LogP contribution < -0.4 is 10.1 Å². The molecular weight excluding hydrogens is 250 g/mol. The molecule has 0 aliphatic heterocycles. The van der Waals surface area contributed by atoms with E-state index in [1.165, 1.54) is 5.56 Å². The van der Waals surface area contributed by atoms with Crippen molar-refractivity contribution in [2.24, 2.45) is 5.92 Å². The molecule has 20 heavy (non-hydrogen) atoms. The maximum Gasteiger partial charge on any atom is 0.119 e. The van der Waals surface area contributed by atoms with Gasteiger partial charge in [0.1, 0.15) is 5.75 Å². The zero-order valence-corrected chi connectivity index (χ0v) is 12.5. The Morgan fingerprint density at radius 1 is 1.15 bits per heavy atom. The van der Waals surface area contributed by atoms with Crippen LogP contribution in [0.4, 0.5) is 0 Å². The van der Waals surface area contributed by atoms with E-state index in [9.17, 15) is 5.11 Å². The van der Waals surface area contributed by atoms with Crippen molar-refractivity contribution in [3.63, 3.8) is 0 Å². The summed E-state index contributed by atoms with van der Waals surface area (Å²) in [6.07, 6.45) is 5.22. The Balaban J connectivity index is 1.66. The molecule has 0 atom stereocenters. The molecule has 0 spiro atoms. The largest absolute Gasteiger partial charge is 0.494 e. The molecule has 1 saturated carbocycles. The quantitative estimate of drug-likeness (QED) is 0.804. The second-order valence-corrected chi connectivity index (χ2v) is 5.80. The van der Waals surface area contributed by atoms with Crippen LogP contribution in [0.2, 0.25) is 0 Å². The predicted molar refractivity (Wildman–Crippen MR) is 81.9 cm³/mol. The predicted octanol–water partition coefficient (Wildman–Crippen LogP) is 3.12. The second-order valence-electron chi connectivity index (χ2n) is 5.80. The molecule has 1 fully saturated rings. The van der Waals surface area contributed by atoms with E-state index in [-0.39, 0.29) is 6.10 Å². The third kappa shape index (κ3) is 5.14. The minimum absolute atomic E-state index is 0.0538. The lowest BCUT2D eigenvalue weighted by Crippen LogP contribution is -2.27. The summed E-state index contributed by atoms with van der Waals surface area (Å²) in [7, 11) is 0. The monoisotopic (exact) mass is 277 g/mol. The fourth-order valence-corrected chi connectivity index (χ4v) is 2.69. The Hall–Kier alpha value is -1.06. The van der Waals surface area contributed by atoms with Gasteiger partial charge in [0.15, 0.2) is 0 Å². The van der Waals surface area contributed by atoms with E-state index in [0.29, 0.717) is 0 Å². The van der Waals surface area contributed by atoms with Crippen LogP contribution in [-0.4, -0.2) is 24.4 Å². The minimum atomic E-state index is -0.0538. The molecule has 0 bridgehead atoms. The molecule has 3 heteroatoms. The van der Waals surface area contributed by atoms with Crippen LogP contribution in [0.5, 0.6) is 5.75 Å². The summed E-state index contributed by atoms with van der Waals surface area (Å²) in [6, 6.07) is 8.35. The number of ether oxygens (including phenoxy) is 1. The van der Waals surface area contributed by atoms with E-state index in [0.717, 1.165) is 63.5 Å². The van der Waals surface area contributed by atoms with Gasteiger partial charge in [0.05, 0.1) is 12.7 Å². The smallest absolute Gasteiger partial charge is 0.119 e. The van der Waals surface area contributed by atoms with Crippen LogP contribution in [0.1, 0.15) is 44.6 Å². The molecule has 112 valence electrons. The van der Waals surface area contributed by atoms with Crippen molar-refractivity contribution < 1.29 is 9.84 Å². The molecule has 0 unspecified atom stereocenters. The van der Waals surface area contributed by atoms with Gasteiger partial charge in [-0.05, 0) is 62.3 Å². The maximum absolute atomic E-state index is 9.49.